The van der Waals surface area contributed by atoms with E-state index in [0.29, 0.717) is 6.54 Å². The minimum atomic E-state index is -3.24. The molecule has 0 saturated heterocycles. The van der Waals surface area contributed by atoms with Gasteiger partial charge in [-0.15, -0.1) is 0 Å². The van der Waals surface area contributed by atoms with Gasteiger partial charge in [0, 0.05) is 0 Å². The topological polar surface area (TPSA) is 64.6 Å². The average molecular weight is 153 g/mol. The van der Waals surface area contributed by atoms with Crippen molar-refractivity contribution >= 4 is 10.0 Å². The van der Waals surface area contributed by atoms with E-state index in [9.17, 15) is 8.42 Å². The molecule has 5 heteroatoms. The molecule has 4 nitrogen and oxygen atoms in total. The Morgan fingerprint density at radius 3 is 2.00 bits per heavy atom. The number of hydrogen-bond donors (Lipinski definition) is 2. The molecule has 0 rings (SSSR count). The van der Waals surface area contributed by atoms with Gasteiger partial charge in [0.05, 0.1) is 20.6 Å². The molecule has 0 aliphatic heterocycles. The molecule has 0 aromatic heterocycles. The van der Waals surface area contributed by atoms with Gasteiger partial charge in [0.25, 0.3) is 0 Å². The summed E-state index contributed by atoms with van der Waals surface area (Å²) in [5, 5.41) is 4.74. The van der Waals surface area contributed by atoms with Gasteiger partial charge in [-0.05, 0) is 0 Å². The first kappa shape index (κ1) is 8.87. The van der Waals surface area contributed by atoms with Gasteiger partial charge in [0.1, 0.15) is 5.75 Å². The molecule has 0 heterocycles. The lowest BCUT2D eigenvalue weighted by Gasteiger charge is -2.03. The standard InChI is InChI=1S/C4H12N2O2S/c1-6(2)3-4-9(5,7)8/h3-4H2,1-2H3,(H2,5,7,8)/p+1. The van der Waals surface area contributed by atoms with Crippen molar-refractivity contribution in [2.75, 3.05) is 26.4 Å². The van der Waals surface area contributed by atoms with Crippen LogP contribution in [0.1, 0.15) is 0 Å². The first-order chi connectivity index (χ1) is 3.92. The highest BCUT2D eigenvalue weighted by Gasteiger charge is 2.03. The average Bonchev–Trinajstić information content (AvgIpc) is 1.59. The van der Waals surface area contributed by atoms with Gasteiger partial charge in [0.2, 0.25) is 10.0 Å². The van der Waals surface area contributed by atoms with Gasteiger partial charge in [-0.25, -0.2) is 13.6 Å². The zero-order valence-corrected chi connectivity index (χ0v) is 6.53. The SMILES string of the molecule is C[NH+](C)CCS(N)(=O)=O. The molecule has 0 aromatic carbocycles. The summed E-state index contributed by atoms with van der Waals surface area (Å²) in [5.74, 6) is 0.0648. The first-order valence-electron chi connectivity index (χ1n) is 2.71. The summed E-state index contributed by atoms with van der Waals surface area (Å²) in [6.45, 7) is 0.568. The predicted octanol–water partition coefficient (Wildman–Crippen LogP) is -2.58. The smallest absolute Gasteiger partial charge is 0.214 e. The van der Waals surface area contributed by atoms with Gasteiger partial charge in [-0.1, -0.05) is 0 Å². The van der Waals surface area contributed by atoms with Crippen molar-refractivity contribution in [3.8, 4) is 0 Å². The summed E-state index contributed by atoms with van der Waals surface area (Å²) in [7, 11) is 0.520. The third kappa shape index (κ3) is 7.87. The molecule has 0 radical (unpaired) electrons. The maximum atomic E-state index is 10.3. The lowest BCUT2D eigenvalue weighted by molar-refractivity contribution is -0.855. The van der Waals surface area contributed by atoms with Crippen molar-refractivity contribution in [3.05, 3.63) is 0 Å². The zero-order chi connectivity index (χ0) is 7.49. The van der Waals surface area contributed by atoms with Crippen LogP contribution in [0.2, 0.25) is 0 Å². The van der Waals surface area contributed by atoms with Gasteiger partial charge < -0.3 is 4.90 Å². The fraction of sp³-hybridized carbons (Fsp3) is 1.00. The lowest BCUT2D eigenvalue weighted by atomic mass is 10.7. The normalized spacial score (nSPS) is 12.4. The second kappa shape index (κ2) is 3.14. The van der Waals surface area contributed by atoms with E-state index in [0.717, 1.165) is 4.90 Å². The van der Waals surface area contributed by atoms with E-state index < -0.39 is 10.0 Å². The van der Waals surface area contributed by atoms with Gasteiger partial charge in [-0.3, -0.25) is 0 Å². The summed E-state index contributed by atoms with van der Waals surface area (Å²) >= 11 is 0. The third-order valence-electron chi connectivity index (χ3n) is 0.887. The minimum absolute atomic E-state index is 0.0648. The Labute approximate surface area is 55.7 Å². The number of primary sulfonamides is 1. The molecule has 0 unspecified atom stereocenters. The van der Waals surface area contributed by atoms with Crippen LogP contribution < -0.4 is 10.0 Å². The van der Waals surface area contributed by atoms with E-state index >= 15 is 0 Å². The Hall–Kier alpha value is -0.130. The molecule has 56 valence electrons. The summed E-state index contributed by atoms with van der Waals surface area (Å²) in [6, 6.07) is 0. The zero-order valence-electron chi connectivity index (χ0n) is 5.72. The number of quaternary nitrogens is 1. The molecule has 0 bridgehead atoms. The Morgan fingerprint density at radius 1 is 1.44 bits per heavy atom. The fourth-order valence-corrected chi connectivity index (χ4v) is 1.04. The molecule has 0 saturated carbocycles. The van der Waals surface area contributed by atoms with Crippen LogP contribution in [0.25, 0.3) is 0 Å². The molecule has 0 amide bonds. The number of nitrogens with one attached hydrogen (secondary N) is 1. The predicted molar refractivity (Wildman–Crippen MR) is 35.7 cm³/mol. The van der Waals surface area contributed by atoms with Crippen LogP contribution in [0.4, 0.5) is 0 Å². The largest absolute Gasteiger partial charge is 0.339 e. The second-order valence-corrected chi connectivity index (χ2v) is 4.06. The van der Waals surface area contributed by atoms with Crippen LogP contribution in [-0.4, -0.2) is 34.8 Å². The first-order valence-corrected chi connectivity index (χ1v) is 4.43. The maximum Gasteiger partial charge on any atom is 0.214 e. The van der Waals surface area contributed by atoms with Crippen LogP contribution in [0.15, 0.2) is 0 Å². The quantitative estimate of drug-likeness (QED) is 0.468. The van der Waals surface area contributed by atoms with Crippen molar-refractivity contribution in [1.82, 2.24) is 0 Å². The molecule has 3 N–H and O–H groups in total. The molecule has 0 atom stereocenters. The van der Waals surface area contributed by atoms with E-state index in [1.165, 1.54) is 0 Å². The number of nitrogens with two attached hydrogens (primary N) is 1. The third-order valence-corrected chi connectivity index (χ3v) is 1.66. The number of hydrogen-bond acceptors (Lipinski definition) is 2. The van der Waals surface area contributed by atoms with E-state index in [-0.39, 0.29) is 5.75 Å². The number of sulfonamides is 1. The lowest BCUT2D eigenvalue weighted by Crippen LogP contribution is -3.06. The molecule has 0 fully saturated rings. The maximum absolute atomic E-state index is 10.3. The van der Waals surface area contributed by atoms with Crippen LogP contribution in [0.3, 0.4) is 0 Å². The van der Waals surface area contributed by atoms with Gasteiger partial charge >= 0.3 is 0 Å². The second-order valence-electron chi connectivity index (χ2n) is 2.32. The van der Waals surface area contributed by atoms with E-state index in [2.05, 4.69) is 0 Å². The highest BCUT2D eigenvalue weighted by molar-refractivity contribution is 7.89. The monoisotopic (exact) mass is 153 g/mol. The molecule has 0 aromatic rings. The minimum Gasteiger partial charge on any atom is -0.339 e. The molecule has 0 aliphatic rings. The van der Waals surface area contributed by atoms with E-state index in [1.54, 1.807) is 0 Å². The summed E-state index contributed by atoms with van der Waals surface area (Å²) < 4.78 is 20.6. The van der Waals surface area contributed by atoms with Crippen molar-refractivity contribution in [2.45, 2.75) is 0 Å². The fourth-order valence-electron chi connectivity index (χ4n) is 0.346. The van der Waals surface area contributed by atoms with Crippen LogP contribution in [0, 0.1) is 0 Å². The highest BCUT2D eigenvalue weighted by Crippen LogP contribution is 1.69. The summed E-state index contributed by atoms with van der Waals surface area (Å²) in [6.07, 6.45) is 0. The van der Waals surface area contributed by atoms with Gasteiger partial charge in [0.15, 0.2) is 0 Å². The molecule has 0 aliphatic carbocycles. The summed E-state index contributed by atoms with van der Waals surface area (Å²) in [4.78, 5) is 1.09. The van der Waals surface area contributed by atoms with Crippen LogP contribution in [-0.2, 0) is 10.0 Å². The molecule has 0 spiro atoms. The molecule has 9 heavy (non-hydrogen) atoms. The van der Waals surface area contributed by atoms with Crippen molar-refractivity contribution in [1.29, 1.82) is 0 Å². The molecular formula is C4H13N2O2S+. The van der Waals surface area contributed by atoms with Crippen LogP contribution >= 0.6 is 0 Å². The van der Waals surface area contributed by atoms with Gasteiger partial charge in [-0.2, -0.15) is 0 Å². The van der Waals surface area contributed by atoms with Crippen LogP contribution in [0.5, 0.6) is 0 Å². The molecular weight excluding hydrogens is 140 g/mol. The Kier molecular flexibility index (Phi) is 3.10. The Bertz CT molecular complexity index is 161. The van der Waals surface area contributed by atoms with Crippen molar-refractivity contribution in [2.24, 2.45) is 5.14 Å². The van der Waals surface area contributed by atoms with E-state index in [4.69, 9.17) is 5.14 Å². The van der Waals surface area contributed by atoms with Crippen molar-refractivity contribution < 1.29 is 13.3 Å². The number of rotatable bonds is 3. The summed E-state index contributed by atoms with van der Waals surface area (Å²) in [5.41, 5.74) is 0. The Balaban J connectivity index is 3.53. The Morgan fingerprint density at radius 2 is 1.89 bits per heavy atom. The van der Waals surface area contributed by atoms with Crippen molar-refractivity contribution in [3.63, 3.8) is 0 Å². The van der Waals surface area contributed by atoms with E-state index in [1.807, 2.05) is 14.1 Å². The highest BCUT2D eigenvalue weighted by atomic mass is 32.2.